The Morgan fingerprint density at radius 3 is 2.38 bits per heavy atom. The van der Waals surface area contributed by atoms with Gasteiger partial charge in [0.05, 0.1) is 4.90 Å². The van der Waals surface area contributed by atoms with Crippen molar-refractivity contribution in [1.29, 1.82) is 0 Å². The SMILES string of the molecule is Cc1cc(C)c2oc(C(=O)NCc3ccc(S(N)(=O)=O)cc3)c(C)c2c1. The van der Waals surface area contributed by atoms with Crippen molar-refractivity contribution in [3.8, 4) is 0 Å². The maximum absolute atomic E-state index is 12.5. The summed E-state index contributed by atoms with van der Waals surface area (Å²) in [6, 6.07) is 10.1. The lowest BCUT2D eigenvalue weighted by molar-refractivity contribution is 0.0924. The highest BCUT2D eigenvalue weighted by Gasteiger charge is 2.19. The third-order valence-electron chi connectivity index (χ3n) is 4.28. The molecule has 7 heteroatoms. The van der Waals surface area contributed by atoms with Gasteiger partial charge in [-0.2, -0.15) is 0 Å². The molecule has 6 nitrogen and oxygen atoms in total. The van der Waals surface area contributed by atoms with E-state index in [0.29, 0.717) is 0 Å². The molecule has 1 heterocycles. The van der Waals surface area contributed by atoms with E-state index in [1.165, 1.54) is 12.1 Å². The van der Waals surface area contributed by atoms with Gasteiger partial charge in [0.25, 0.3) is 5.91 Å². The van der Waals surface area contributed by atoms with Crippen molar-refractivity contribution in [2.45, 2.75) is 32.2 Å². The van der Waals surface area contributed by atoms with Gasteiger partial charge >= 0.3 is 0 Å². The van der Waals surface area contributed by atoms with Crippen molar-refractivity contribution in [2.24, 2.45) is 5.14 Å². The molecule has 0 aliphatic carbocycles. The monoisotopic (exact) mass is 372 g/mol. The fourth-order valence-electron chi connectivity index (χ4n) is 2.95. The van der Waals surface area contributed by atoms with Crippen molar-refractivity contribution in [3.63, 3.8) is 0 Å². The lowest BCUT2D eigenvalue weighted by Crippen LogP contribution is -2.23. The van der Waals surface area contributed by atoms with Crippen molar-refractivity contribution in [3.05, 3.63) is 64.4 Å². The molecular formula is C19H20N2O4S. The van der Waals surface area contributed by atoms with E-state index < -0.39 is 10.0 Å². The van der Waals surface area contributed by atoms with Crippen LogP contribution in [0.3, 0.4) is 0 Å². The van der Waals surface area contributed by atoms with Gasteiger partial charge in [0, 0.05) is 17.5 Å². The number of aryl methyl sites for hydroxylation is 3. The maximum Gasteiger partial charge on any atom is 0.287 e. The van der Waals surface area contributed by atoms with Crippen LogP contribution in [0.2, 0.25) is 0 Å². The van der Waals surface area contributed by atoms with E-state index in [0.717, 1.165) is 33.2 Å². The molecule has 1 aromatic heterocycles. The van der Waals surface area contributed by atoms with Crippen LogP contribution < -0.4 is 10.5 Å². The van der Waals surface area contributed by atoms with Crippen LogP contribution >= 0.6 is 0 Å². The van der Waals surface area contributed by atoms with Gasteiger partial charge in [0.1, 0.15) is 5.58 Å². The topological polar surface area (TPSA) is 102 Å². The number of carbonyl (C=O) groups is 1. The molecule has 0 saturated heterocycles. The number of primary sulfonamides is 1. The zero-order chi connectivity index (χ0) is 19.1. The number of amides is 1. The molecule has 0 radical (unpaired) electrons. The summed E-state index contributed by atoms with van der Waals surface area (Å²) in [7, 11) is -3.72. The second-order valence-electron chi connectivity index (χ2n) is 6.39. The number of nitrogens with two attached hydrogens (primary N) is 1. The van der Waals surface area contributed by atoms with Gasteiger partial charge in [-0.1, -0.05) is 18.2 Å². The number of carbonyl (C=O) groups excluding carboxylic acids is 1. The van der Waals surface area contributed by atoms with Gasteiger partial charge in [-0.25, -0.2) is 13.6 Å². The van der Waals surface area contributed by atoms with E-state index in [9.17, 15) is 13.2 Å². The molecule has 0 saturated carbocycles. The Balaban J connectivity index is 1.79. The van der Waals surface area contributed by atoms with Crippen molar-refractivity contribution >= 4 is 26.9 Å². The second-order valence-corrected chi connectivity index (χ2v) is 7.95. The molecule has 26 heavy (non-hydrogen) atoms. The lowest BCUT2D eigenvalue weighted by atomic mass is 10.1. The third-order valence-corrected chi connectivity index (χ3v) is 5.21. The first kappa shape index (κ1) is 18.2. The van der Waals surface area contributed by atoms with E-state index >= 15 is 0 Å². The van der Waals surface area contributed by atoms with E-state index in [4.69, 9.17) is 9.56 Å². The highest BCUT2D eigenvalue weighted by atomic mass is 32.2. The number of hydrogen-bond donors (Lipinski definition) is 2. The molecule has 0 fully saturated rings. The summed E-state index contributed by atoms with van der Waals surface area (Å²) >= 11 is 0. The van der Waals surface area contributed by atoms with Crippen molar-refractivity contribution in [2.75, 3.05) is 0 Å². The fraction of sp³-hybridized carbons (Fsp3) is 0.211. The summed E-state index contributed by atoms with van der Waals surface area (Å²) in [6.45, 7) is 6.07. The number of fused-ring (bicyclic) bond motifs is 1. The van der Waals surface area contributed by atoms with E-state index in [-0.39, 0.29) is 23.1 Å². The number of rotatable bonds is 4. The molecule has 0 atom stereocenters. The number of nitrogens with one attached hydrogen (secondary N) is 1. The molecule has 3 rings (SSSR count). The Kier molecular flexibility index (Phi) is 4.60. The summed E-state index contributed by atoms with van der Waals surface area (Å²) in [6.07, 6.45) is 0. The van der Waals surface area contributed by atoms with E-state index in [1.54, 1.807) is 12.1 Å². The Hall–Kier alpha value is -2.64. The maximum atomic E-state index is 12.5. The normalized spacial score (nSPS) is 11.7. The molecule has 1 amide bonds. The largest absolute Gasteiger partial charge is 0.450 e. The minimum atomic E-state index is -3.72. The molecule has 3 aromatic rings. The minimum absolute atomic E-state index is 0.0338. The predicted octanol–water partition coefficient (Wildman–Crippen LogP) is 2.94. The van der Waals surface area contributed by atoms with Crippen LogP contribution in [0.25, 0.3) is 11.0 Å². The molecule has 0 bridgehead atoms. The highest BCUT2D eigenvalue weighted by molar-refractivity contribution is 7.89. The first-order valence-electron chi connectivity index (χ1n) is 8.07. The van der Waals surface area contributed by atoms with Gasteiger partial charge in [0.15, 0.2) is 5.76 Å². The smallest absolute Gasteiger partial charge is 0.287 e. The summed E-state index contributed by atoms with van der Waals surface area (Å²) in [4.78, 5) is 12.5. The Bertz CT molecular complexity index is 1100. The third kappa shape index (κ3) is 3.49. The van der Waals surface area contributed by atoms with Crippen LogP contribution in [-0.2, 0) is 16.6 Å². The quantitative estimate of drug-likeness (QED) is 0.735. The van der Waals surface area contributed by atoms with Gasteiger partial charge in [-0.15, -0.1) is 0 Å². The van der Waals surface area contributed by atoms with Crippen LogP contribution in [-0.4, -0.2) is 14.3 Å². The minimum Gasteiger partial charge on any atom is -0.450 e. The van der Waals surface area contributed by atoms with Gasteiger partial charge in [-0.3, -0.25) is 4.79 Å². The standard InChI is InChI=1S/C19H20N2O4S/c1-11-8-12(2)17-16(9-11)13(3)18(25-17)19(22)21-10-14-4-6-15(7-5-14)26(20,23)24/h4-9H,10H2,1-3H3,(H,21,22)(H2,20,23,24). The first-order chi connectivity index (χ1) is 12.2. The van der Waals surface area contributed by atoms with Crippen LogP contribution in [0.1, 0.15) is 32.8 Å². The Morgan fingerprint density at radius 1 is 1.12 bits per heavy atom. The van der Waals surface area contributed by atoms with Crippen LogP contribution in [0.4, 0.5) is 0 Å². The van der Waals surface area contributed by atoms with Crippen LogP contribution in [0, 0.1) is 20.8 Å². The van der Waals surface area contributed by atoms with E-state index in [1.807, 2.05) is 32.9 Å². The van der Waals surface area contributed by atoms with Gasteiger partial charge in [-0.05, 0) is 55.7 Å². The van der Waals surface area contributed by atoms with Gasteiger partial charge < -0.3 is 9.73 Å². The molecule has 0 aliphatic rings. The molecule has 0 spiro atoms. The first-order valence-corrected chi connectivity index (χ1v) is 9.62. The molecule has 0 unspecified atom stereocenters. The highest BCUT2D eigenvalue weighted by Crippen LogP contribution is 2.29. The second kappa shape index (κ2) is 6.59. The molecular weight excluding hydrogens is 352 g/mol. The molecule has 0 aliphatic heterocycles. The number of furan rings is 1. The van der Waals surface area contributed by atoms with Crippen molar-refractivity contribution < 1.29 is 17.6 Å². The molecule has 3 N–H and O–H groups in total. The Morgan fingerprint density at radius 2 is 1.77 bits per heavy atom. The lowest BCUT2D eigenvalue weighted by Gasteiger charge is -2.05. The zero-order valence-corrected chi connectivity index (χ0v) is 15.6. The molecule has 2 aromatic carbocycles. The summed E-state index contributed by atoms with van der Waals surface area (Å²) in [5.74, 6) is -0.0267. The number of hydrogen-bond acceptors (Lipinski definition) is 4. The van der Waals surface area contributed by atoms with Crippen LogP contribution in [0.5, 0.6) is 0 Å². The summed E-state index contributed by atoms with van der Waals surface area (Å²) in [5, 5.41) is 8.80. The summed E-state index contributed by atoms with van der Waals surface area (Å²) in [5.41, 5.74) is 4.37. The summed E-state index contributed by atoms with van der Waals surface area (Å²) < 4.78 is 28.3. The number of sulfonamides is 1. The Labute approximate surface area is 152 Å². The predicted molar refractivity (Wildman–Crippen MR) is 99.4 cm³/mol. The average Bonchev–Trinajstić information content (AvgIpc) is 2.90. The molecule has 136 valence electrons. The zero-order valence-electron chi connectivity index (χ0n) is 14.8. The van der Waals surface area contributed by atoms with Crippen molar-refractivity contribution in [1.82, 2.24) is 5.32 Å². The van der Waals surface area contributed by atoms with E-state index in [2.05, 4.69) is 5.32 Å². The fourth-order valence-corrected chi connectivity index (χ4v) is 3.46. The number of benzene rings is 2. The van der Waals surface area contributed by atoms with Crippen LogP contribution in [0.15, 0.2) is 45.7 Å². The van der Waals surface area contributed by atoms with Gasteiger partial charge in [0.2, 0.25) is 10.0 Å². The average molecular weight is 372 g/mol.